The second-order valence-corrected chi connectivity index (χ2v) is 4.72. The minimum atomic E-state index is -0.902. The molecular weight excluding hydrogens is 224 g/mol. The fourth-order valence-corrected chi connectivity index (χ4v) is 2.65. The lowest BCUT2D eigenvalue weighted by Gasteiger charge is -2.24. The van der Waals surface area contributed by atoms with Gasteiger partial charge in [-0.3, -0.25) is 9.69 Å². The third kappa shape index (κ3) is 2.76. The molecule has 2 rings (SSSR count). The number of amides is 1. The fourth-order valence-electron chi connectivity index (χ4n) is 2.65. The van der Waals surface area contributed by atoms with Gasteiger partial charge in [0.05, 0.1) is 12.1 Å². The van der Waals surface area contributed by atoms with Crippen molar-refractivity contribution in [1.29, 1.82) is 0 Å². The number of carboxylic acid groups (broad SMARTS) is 1. The highest BCUT2D eigenvalue weighted by atomic mass is 16.5. The van der Waals surface area contributed by atoms with Crippen molar-refractivity contribution in [2.75, 3.05) is 13.1 Å². The normalized spacial score (nSPS) is 34.0. The van der Waals surface area contributed by atoms with Gasteiger partial charge in [-0.05, 0) is 32.2 Å². The first-order valence-corrected chi connectivity index (χ1v) is 5.99. The zero-order valence-electron chi connectivity index (χ0n) is 9.67. The van der Waals surface area contributed by atoms with Gasteiger partial charge in [-0.2, -0.15) is 0 Å². The number of carbonyl (C=O) groups is 2. The molecule has 3 atom stereocenters. The molecule has 1 amide bonds. The Morgan fingerprint density at radius 2 is 2.12 bits per heavy atom. The number of likely N-dealkylation sites (tertiary alicyclic amines) is 1. The van der Waals surface area contributed by atoms with Gasteiger partial charge in [-0.25, -0.2) is 4.79 Å². The van der Waals surface area contributed by atoms with Gasteiger partial charge < -0.3 is 15.6 Å². The lowest BCUT2D eigenvalue weighted by molar-refractivity contribution is -0.150. The van der Waals surface area contributed by atoms with Gasteiger partial charge in [-0.15, -0.1) is 0 Å². The summed E-state index contributed by atoms with van der Waals surface area (Å²) < 4.78 is 5.42. The van der Waals surface area contributed by atoms with Crippen LogP contribution in [0.4, 0.5) is 0 Å². The molecule has 3 unspecified atom stereocenters. The summed E-state index contributed by atoms with van der Waals surface area (Å²) in [5, 5.41) is 8.82. The maximum absolute atomic E-state index is 11.2. The molecule has 17 heavy (non-hydrogen) atoms. The van der Waals surface area contributed by atoms with Crippen LogP contribution in [0.1, 0.15) is 25.7 Å². The number of nitrogens with zero attached hydrogens (tertiary/aromatic N) is 1. The molecule has 0 bridgehead atoms. The standard InChI is InChI=1S/C11H18N2O4/c12-10(14)8-2-1-5-13(8)6-7-3-4-9(17-7)11(15)16/h7-9H,1-6H2,(H2,12,14)(H,15,16). The predicted octanol–water partition coefficient (Wildman–Crippen LogP) is -0.432. The summed E-state index contributed by atoms with van der Waals surface area (Å²) in [6, 6.07) is -0.206. The Morgan fingerprint density at radius 3 is 2.71 bits per heavy atom. The summed E-state index contributed by atoms with van der Waals surface area (Å²) in [5.41, 5.74) is 5.32. The van der Waals surface area contributed by atoms with E-state index in [4.69, 9.17) is 15.6 Å². The van der Waals surface area contributed by atoms with Crippen molar-refractivity contribution in [3.05, 3.63) is 0 Å². The highest BCUT2D eigenvalue weighted by Crippen LogP contribution is 2.24. The van der Waals surface area contributed by atoms with E-state index in [1.165, 1.54) is 0 Å². The third-order valence-corrected chi connectivity index (χ3v) is 3.51. The molecule has 2 aliphatic rings. The van der Waals surface area contributed by atoms with Gasteiger partial charge in [0.1, 0.15) is 0 Å². The molecule has 2 aliphatic heterocycles. The summed E-state index contributed by atoms with van der Waals surface area (Å²) in [5.74, 6) is -1.20. The molecule has 2 heterocycles. The van der Waals surface area contributed by atoms with Crippen LogP contribution in [0.3, 0.4) is 0 Å². The van der Waals surface area contributed by atoms with Crippen molar-refractivity contribution >= 4 is 11.9 Å². The first-order chi connectivity index (χ1) is 8.08. The SMILES string of the molecule is NC(=O)C1CCCN1CC1CCC(C(=O)O)O1. The van der Waals surface area contributed by atoms with Gasteiger partial charge in [-0.1, -0.05) is 0 Å². The molecule has 6 heteroatoms. The minimum absolute atomic E-state index is 0.0870. The molecule has 0 radical (unpaired) electrons. The minimum Gasteiger partial charge on any atom is -0.479 e. The largest absolute Gasteiger partial charge is 0.479 e. The predicted molar refractivity (Wildman–Crippen MR) is 59.3 cm³/mol. The Labute approximate surface area is 99.7 Å². The van der Waals surface area contributed by atoms with E-state index < -0.39 is 12.1 Å². The quantitative estimate of drug-likeness (QED) is 0.697. The Morgan fingerprint density at radius 1 is 1.35 bits per heavy atom. The summed E-state index contributed by atoms with van der Waals surface area (Å²) in [4.78, 5) is 24.0. The van der Waals surface area contributed by atoms with Crippen LogP contribution in [-0.2, 0) is 14.3 Å². The molecule has 0 saturated carbocycles. The highest BCUT2D eigenvalue weighted by Gasteiger charge is 2.35. The van der Waals surface area contributed by atoms with E-state index in [0.717, 1.165) is 25.8 Å². The van der Waals surface area contributed by atoms with Crippen LogP contribution in [0.5, 0.6) is 0 Å². The lowest BCUT2D eigenvalue weighted by Crippen LogP contribution is -2.43. The average Bonchev–Trinajstić information content (AvgIpc) is 2.86. The highest BCUT2D eigenvalue weighted by molar-refractivity contribution is 5.80. The van der Waals surface area contributed by atoms with Crippen LogP contribution in [-0.4, -0.2) is 53.2 Å². The van der Waals surface area contributed by atoms with Crippen molar-refractivity contribution < 1.29 is 19.4 Å². The topological polar surface area (TPSA) is 92.9 Å². The van der Waals surface area contributed by atoms with Crippen LogP contribution in [0, 0.1) is 0 Å². The number of ether oxygens (including phenoxy) is 1. The number of hydrogen-bond donors (Lipinski definition) is 2. The second kappa shape index (κ2) is 5.01. The van der Waals surface area contributed by atoms with Crippen molar-refractivity contribution in [1.82, 2.24) is 4.90 Å². The Hall–Kier alpha value is -1.14. The van der Waals surface area contributed by atoms with Gasteiger partial charge in [0.2, 0.25) is 5.91 Å². The van der Waals surface area contributed by atoms with Gasteiger partial charge in [0.15, 0.2) is 6.10 Å². The Kier molecular flexibility index (Phi) is 3.63. The Bertz CT molecular complexity index is 321. The average molecular weight is 242 g/mol. The third-order valence-electron chi connectivity index (χ3n) is 3.51. The summed E-state index contributed by atoms with van der Waals surface area (Å²) in [6.07, 6.45) is 2.27. The van der Waals surface area contributed by atoms with Crippen LogP contribution in [0.2, 0.25) is 0 Å². The number of nitrogens with two attached hydrogens (primary N) is 1. The van der Waals surface area contributed by atoms with E-state index >= 15 is 0 Å². The molecule has 0 aromatic heterocycles. The molecular formula is C11H18N2O4. The van der Waals surface area contributed by atoms with E-state index in [1.54, 1.807) is 0 Å². The van der Waals surface area contributed by atoms with Crippen LogP contribution >= 0.6 is 0 Å². The fraction of sp³-hybridized carbons (Fsp3) is 0.818. The van der Waals surface area contributed by atoms with E-state index in [0.29, 0.717) is 13.0 Å². The lowest BCUT2D eigenvalue weighted by atomic mass is 10.1. The zero-order chi connectivity index (χ0) is 12.4. The van der Waals surface area contributed by atoms with Crippen molar-refractivity contribution in [3.63, 3.8) is 0 Å². The molecule has 2 saturated heterocycles. The van der Waals surface area contributed by atoms with Crippen molar-refractivity contribution in [2.45, 2.75) is 43.9 Å². The summed E-state index contributed by atoms with van der Waals surface area (Å²) in [7, 11) is 0. The summed E-state index contributed by atoms with van der Waals surface area (Å²) in [6.45, 7) is 1.45. The molecule has 0 aliphatic carbocycles. The number of rotatable bonds is 4. The van der Waals surface area contributed by atoms with Crippen molar-refractivity contribution in [3.8, 4) is 0 Å². The number of primary amides is 1. The van der Waals surface area contributed by atoms with E-state index in [2.05, 4.69) is 0 Å². The van der Waals surface area contributed by atoms with Crippen LogP contribution in [0.25, 0.3) is 0 Å². The molecule has 0 aromatic carbocycles. The van der Waals surface area contributed by atoms with E-state index in [9.17, 15) is 9.59 Å². The number of aliphatic carboxylic acids is 1. The van der Waals surface area contributed by atoms with Crippen LogP contribution < -0.4 is 5.73 Å². The van der Waals surface area contributed by atoms with Crippen molar-refractivity contribution in [2.24, 2.45) is 5.73 Å². The van der Waals surface area contributed by atoms with Gasteiger partial charge >= 0.3 is 5.97 Å². The second-order valence-electron chi connectivity index (χ2n) is 4.72. The summed E-state index contributed by atoms with van der Waals surface area (Å²) >= 11 is 0. The smallest absolute Gasteiger partial charge is 0.332 e. The number of carbonyl (C=O) groups excluding carboxylic acids is 1. The first-order valence-electron chi connectivity index (χ1n) is 5.99. The van der Waals surface area contributed by atoms with Crippen LogP contribution in [0.15, 0.2) is 0 Å². The monoisotopic (exact) mass is 242 g/mol. The zero-order valence-corrected chi connectivity index (χ0v) is 9.67. The molecule has 0 aromatic rings. The van der Waals surface area contributed by atoms with Gasteiger partial charge in [0, 0.05) is 6.54 Å². The Balaban J connectivity index is 1.85. The number of hydrogen-bond acceptors (Lipinski definition) is 4. The maximum Gasteiger partial charge on any atom is 0.332 e. The molecule has 0 spiro atoms. The number of carboxylic acids is 1. The van der Waals surface area contributed by atoms with Gasteiger partial charge in [0.25, 0.3) is 0 Å². The molecule has 6 nitrogen and oxygen atoms in total. The molecule has 2 fully saturated rings. The maximum atomic E-state index is 11.2. The molecule has 96 valence electrons. The van der Waals surface area contributed by atoms with E-state index in [1.807, 2.05) is 4.90 Å². The first kappa shape index (κ1) is 12.3. The molecule has 3 N–H and O–H groups in total. The van der Waals surface area contributed by atoms with E-state index in [-0.39, 0.29) is 18.1 Å².